The van der Waals surface area contributed by atoms with Crippen LogP contribution in [0.5, 0.6) is 17.2 Å². The molecule has 0 fully saturated rings. The fourth-order valence-electron chi connectivity index (χ4n) is 1.63. The Bertz CT molecular complexity index is 537. The number of carbonyl (C=O) groups is 1. The highest BCUT2D eigenvalue weighted by Crippen LogP contribution is 2.31. The summed E-state index contributed by atoms with van der Waals surface area (Å²) in [5.41, 5.74) is 1.05. The van der Waals surface area contributed by atoms with Gasteiger partial charge in [0.05, 0.1) is 7.11 Å². The molecule has 2 rings (SSSR count). The smallest absolute Gasteiger partial charge is 0.298 e. The van der Waals surface area contributed by atoms with E-state index in [0.717, 1.165) is 5.56 Å². The Kier molecular flexibility index (Phi) is 4.39. The number of carbonyl (C=O) groups excluding carboxylic acids is 1. The Morgan fingerprint density at radius 2 is 1.84 bits per heavy atom. The minimum absolute atomic E-state index is 0.378. The predicted molar refractivity (Wildman–Crippen MR) is 70.5 cm³/mol. The monoisotopic (exact) mass is 258 g/mol. The molecule has 98 valence electrons. The van der Waals surface area contributed by atoms with Crippen molar-refractivity contribution >= 4 is 6.47 Å². The van der Waals surface area contributed by atoms with E-state index in [2.05, 4.69) is 0 Å². The van der Waals surface area contributed by atoms with Gasteiger partial charge in [-0.1, -0.05) is 30.3 Å². The molecule has 0 bridgehead atoms. The van der Waals surface area contributed by atoms with Crippen LogP contribution >= 0.6 is 0 Å². The molecule has 0 atom stereocenters. The molecule has 0 aromatic heterocycles. The summed E-state index contributed by atoms with van der Waals surface area (Å²) < 4.78 is 15.7. The van der Waals surface area contributed by atoms with Gasteiger partial charge in [0.25, 0.3) is 6.47 Å². The summed E-state index contributed by atoms with van der Waals surface area (Å²) in [5.74, 6) is 1.54. The second-order valence-electron chi connectivity index (χ2n) is 3.80. The van der Waals surface area contributed by atoms with Crippen LogP contribution in [0.15, 0.2) is 48.5 Å². The molecular formula is C15H14O4. The fraction of sp³-hybridized carbons (Fsp3) is 0.133. The number of methoxy groups -OCH3 is 1. The number of benzene rings is 2. The van der Waals surface area contributed by atoms with Gasteiger partial charge in [0.15, 0.2) is 11.5 Å². The van der Waals surface area contributed by atoms with Gasteiger partial charge in [0.2, 0.25) is 0 Å². The molecule has 0 unspecified atom stereocenters. The van der Waals surface area contributed by atoms with Crippen molar-refractivity contribution in [2.75, 3.05) is 7.11 Å². The highest BCUT2D eigenvalue weighted by atomic mass is 16.5. The molecule has 19 heavy (non-hydrogen) atoms. The lowest BCUT2D eigenvalue weighted by molar-refractivity contribution is -0.120. The Morgan fingerprint density at radius 1 is 1.05 bits per heavy atom. The van der Waals surface area contributed by atoms with Crippen LogP contribution < -0.4 is 14.2 Å². The number of ether oxygens (including phenoxy) is 3. The van der Waals surface area contributed by atoms with Crippen molar-refractivity contribution in [2.45, 2.75) is 6.61 Å². The quantitative estimate of drug-likeness (QED) is 0.747. The zero-order valence-corrected chi connectivity index (χ0v) is 10.5. The van der Waals surface area contributed by atoms with Crippen molar-refractivity contribution in [3.63, 3.8) is 0 Å². The van der Waals surface area contributed by atoms with Crippen LogP contribution in [-0.2, 0) is 11.4 Å². The van der Waals surface area contributed by atoms with Crippen LogP contribution in [0.25, 0.3) is 0 Å². The molecule has 2 aromatic carbocycles. The van der Waals surface area contributed by atoms with E-state index in [9.17, 15) is 4.79 Å². The molecule has 0 saturated heterocycles. The topological polar surface area (TPSA) is 44.8 Å². The van der Waals surface area contributed by atoms with Crippen LogP contribution in [0.1, 0.15) is 5.56 Å². The molecule has 0 spiro atoms. The second-order valence-corrected chi connectivity index (χ2v) is 3.80. The second kappa shape index (κ2) is 6.44. The SMILES string of the molecule is COc1ccc(OC=O)cc1OCc1ccccc1. The van der Waals surface area contributed by atoms with E-state index < -0.39 is 0 Å². The lowest BCUT2D eigenvalue weighted by atomic mass is 10.2. The van der Waals surface area contributed by atoms with Gasteiger partial charge in [-0.3, -0.25) is 4.79 Å². The van der Waals surface area contributed by atoms with Crippen LogP contribution in [0.2, 0.25) is 0 Å². The Balaban J connectivity index is 2.13. The van der Waals surface area contributed by atoms with Crippen LogP contribution in [0.3, 0.4) is 0 Å². The lowest BCUT2D eigenvalue weighted by Gasteiger charge is -2.11. The van der Waals surface area contributed by atoms with Gasteiger partial charge < -0.3 is 14.2 Å². The molecule has 0 aliphatic heterocycles. The highest BCUT2D eigenvalue weighted by Gasteiger charge is 2.07. The van der Waals surface area contributed by atoms with Crippen molar-refractivity contribution in [1.82, 2.24) is 0 Å². The average molecular weight is 258 g/mol. The van der Waals surface area contributed by atoms with Crippen molar-refractivity contribution in [1.29, 1.82) is 0 Å². The van der Waals surface area contributed by atoms with Gasteiger partial charge in [0.1, 0.15) is 12.4 Å². The third-order valence-electron chi connectivity index (χ3n) is 2.56. The standard InChI is InChI=1S/C15H14O4/c1-17-14-8-7-13(19-11-16)9-15(14)18-10-12-5-3-2-4-6-12/h2-9,11H,10H2,1H3. The van der Waals surface area contributed by atoms with E-state index in [1.165, 1.54) is 0 Å². The van der Waals surface area contributed by atoms with Crippen molar-refractivity contribution in [2.24, 2.45) is 0 Å². The molecule has 0 aliphatic rings. The number of rotatable bonds is 6. The highest BCUT2D eigenvalue weighted by molar-refractivity contribution is 5.51. The van der Waals surface area contributed by atoms with Crippen molar-refractivity contribution in [3.8, 4) is 17.2 Å². The number of hydrogen-bond donors (Lipinski definition) is 0. The first kappa shape index (κ1) is 13.0. The molecule has 0 radical (unpaired) electrons. The summed E-state index contributed by atoms with van der Waals surface area (Å²) >= 11 is 0. The van der Waals surface area contributed by atoms with Crippen LogP contribution in [0, 0.1) is 0 Å². The van der Waals surface area contributed by atoms with Gasteiger partial charge in [-0.2, -0.15) is 0 Å². The maximum atomic E-state index is 10.3. The average Bonchev–Trinajstić information content (AvgIpc) is 2.47. The molecule has 4 heteroatoms. The lowest BCUT2D eigenvalue weighted by Crippen LogP contribution is -1.98. The van der Waals surface area contributed by atoms with E-state index in [1.54, 1.807) is 25.3 Å². The Morgan fingerprint density at radius 3 is 2.53 bits per heavy atom. The van der Waals surface area contributed by atoms with E-state index in [4.69, 9.17) is 14.2 Å². The summed E-state index contributed by atoms with van der Waals surface area (Å²) in [6.45, 7) is 0.796. The van der Waals surface area contributed by atoms with E-state index >= 15 is 0 Å². The largest absolute Gasteiger partial charge is 0.493 e. The first-order valence-corrected chi connectivity index (χ1v) is 5.78. The number of hydrogen-bond acceptors (Lipinski definition) is 4. The third kappa shape index (κ3) is 3.48. The summed E-state index contributed by atoms with van der Waals surface area (Å²) in [6, 6.07) is 14.7. The first-order chi connectivity index (χ1) is 9.33. The summed E-state index contributed by atoms with van der Waals surface area (Å²) in [7, 11) is 1.56. The van der Waals surface area contributed by atoms with Gasteiger partial charge in [-0.25, -0.2) is 0 Å². The predicted octanol–water partition coefficient (Wildman–Crippen LogP) is 2.81. The third-order valence-corrected chi connectivity index (χ3v) is 2.56. The minimum atomic E-state index is 0.378. The normalized spacial score (nSPS) is 9.74. The van der Waals surface area contributed by atoms with Gasteiger partial charge in [0, 0.05) is 6.07 Å². The summed E-state index contributed by atoms with van der Waals surface area (Å²) in [6.07, 6.45) is 0. The maximum absolute atomic E-state index is 10.3. The van der Waals surface area contributed by atoms with Gasteiger partial charge >= 0.3 is 0 Å². The van der Waals surface area contributed by atoms with Crippen molar-refractivity contribution in [3.05, 3.63) is 54.1 Å². The molecule has 0 N–H and O–H groups in total. The zero-order chi connectivity index (χ0) is 13.5. The van der Waals surface area contributed by atoms with E-state index in [-0.39, 0.29) is 0 Å². The first-order valence-electron chi connectivity index (χ1n) is 5.78. The molecule has 0 amide bonds. The van der Waals surface area contributed by atoms with E-state index in [0.29, 0.717) is 30.3 Å². The molecule has 2 aromatic rings. The van der Waals surface area contributed by atoms with E-state index in [1.807, 2.05) is 30.3 Å². The van der Waals surface area contributed by atoms with Crippen LogP contribution in [0.4, 0.5) is 0 Å². The summed E-state index contributed by atoms with van der Waals surface area (Å²) in [4.78, 5) is 10.3. The molecule has 4 nitrogen and oxygen atoms in total. The molecule has 0 saturated carbocycles. The van der Waals surface area contributed by atoms with Crippen LogP contribution in [-0.4, -0.2) is 13.6 Å². The minimum Gasteiger partial charge on any atom is -0.493 e. The maximum Gasteiger partial charge on any atom is 0.298 e. The van der Waals surface area contributed by atoms with Gasteiger partial charge in [-0.15, -0.1) is 0 Å². The zero-order valence-electron chi connectivity index (χ0n) is 10.5. The fourth-order valence-corrected chi connectivity index (χ4v) is 1.63. The molecule has 0 aliphatic carbocycles. The summed E-state index contributed by atoms with van der Waals surface area (Å²) in [5, 5.41) is 0. The van der Waals surface area contributed by atoms with Gasteiger partial charge in [-0.05, 0) is 17.7 Å². The Hall–Kier alpha value is -2.49. The molecule has 0 heterocycles. The molecular weight excluding hydrogens is 244 g/mol. The van der Waals surface area contributed by atoms with Crippen molar-refractivity contribution < 1.29 is 19.0 Å². The Labute approximate surface area is 111 Å².